The topological polar surface area (TPSA) is 79.0 Å². The number of hydrogen-bond acceptors (Lipinski definition) is 3. The van der Waals surface area contributed by atoms with E-state index >= 15 is 0 Å². The van der Waals surface area contributed by atoms with Crippen LogP contribution in [0.4, 0.5) is 0 Å². The Morgan fingerprint density at radius 3 is 1.96 bits per heavy atom. The molecule has 0 saturated heterocycles. The van der Waals surface area contributed by atoms with Gasteiger partial charge in [-0.1, -0.05) is 69.3 Å². The van der Waals surface area contributed by atoms with Crippen molar-refractivity contribution < 1.29 is 0 Å². The summed E-state index contributed by atoms with van der Waals surface area (Å²) >= 11 is 0. The molecule has 26 heavy (non-hydrogen) atoms. The number of para-hydroxylation sites is 1. The number of rotatable bonds is 5. The van der Waals surface area contributed by atoms with Crippen LogP contribution in [0.15, 0.2) is 71.7 Å². The fourth-order valence-corrected chi connectivity index (χ4v) is 2.90. The highest BCUT2D eigenvalue weighted by atomic mass is 16.1. The molecule has 2 aromatic carbocycles. The first kappa shape index (κ1) is 19.7. The quantitative estimate of drug-likeness (QED) is 0.546. The summed E-state index contributed by atoms with van der Waals surface area (Å²) in [4.78, 5) is 13.0. The van der Waals surface area contributed by atoms with Gasteiger partial charge in [0.2, 0.25) is 0 Å². The average Bonchev–Trinajstić information content (AvgIpc) is 3.00. The monoisotopic (exact) mass is 352 g/mol. The molecule has 0 aliphatic carbocycles. The molecule has 0 radical (unpaired) electrons. The molecule has 0 saturated carbocycles. The van der Waals surface area contributed by atoms with Gasteiger partial charge < -0.3 is 0 Å². The maximum atomic E-state index is 13.0. The molecule has 1 atom stereocenters. The molecule has 5 heteroatoms. The summed E-state index contributed by atoms with van der Waals surface area (Å²) in [6.45, 7) is 7.19. The van der Waals surface area contributed by atoms with Crippen molar-refractivity contribution in [3.8, 4) is 5.69 Å². The molecule has 3 aromatic rings. The molecule has 4 N–H and O–H groups in total. The Balaban J connectivity index is 0.00000117. The smallest absolute Gasteiger partial charge is 0.291 e. The first-order valence-corrected chi connectivity index (χ1v) is 8.82. The van der Waals surface area contributed by atoms with E-state index in [9.17, 15) is 4.79 Å². The lowest BCUT2D eigenvalue weighted by molar-refractivity contribution is 0.500. The Morgan fingerprint density at radius 1 is 0.885 bits per heavy atom. The highest BCUT2D eigenvalue weighted by Gasteiger charge is 2.20. The molecule has 0 aliphatic heterocycles. The molecule has 5 nitrogen and oxygen atoms in total. The first-order valence-electron chi connectivity index (χ1n) is 8.82. The van der Waals surface area contributed by atoms with Crippen LogP contribution in [0.5, 0.6) is 0 Å². The number of hydrazine groups is 1. The van der Waals surface area contributed by atoms with E-state index in [0.717, 1.165) is 16.9 Å². The fraction of sp³-hybridized carbons (Fsp3) is 0.286. The van der Waals surface area contributed by atoms with Gasteiger partial charge in [0, 0.05) is 17.8 Å². The highest BCUT2D eigenvalue weighted by molar-refractivity contribution is 5.33. The van der Waals surface area contributed by atoms with Gasteiger partial charge in [-0.15, -0.1) is 0 Å². The zero-order chi connectivity index (χ0) is 19.1. The van der Waals surface area contributed by atoms with Crippen LogP contribution < -0.4 is 17.4 Å². The second-order valence-corrected chi connectivity index (χ2v) is 6.65. The van der Waals surface area contributed by atoms with Gasteiger partial charge in [0.25, 0.3) is 0 Å². The Bertz CT molecular complexity index is 851. The Labute approximate surface area is 154 Å². The van der Waals surface area contributed by atoms with E-state index in [4.69, 9.17) is 0 Å². The lowest BCUT2D eigenvalue weighted by atomic mass is 9.95. The zero-order valence-electron chi connectivity index (χ0n) is 15.7. The predicted octanol–water partition coefficient (Wildman–Crippen LogP) is 3.27. The average molecular weight is 352 g/mol. The van der Waals surface area contributed by atoms with Crippen molar-refractivity contribution >= 4 is 0 Å². The molecular weight excluding hydrogens is 324 g/mol. The van der Waals surface area contributed by atoms with E-state index in [1.165, 1.54) is 0 Å². The summed E-state index contributed by atoms with van der Waals surface area (Å²) in [5.74, 6) is 8.78. The Kier molecular flexibility index (Phi) is 6.95. The van der Waals surface area contributed by atoms with Crippen molar-refractivity contribution in [3.05, 3.63) is 88.6 Å². The Hall–Kier alpha value is -2.63. The van der Waals surface area contributed by atoms with E-state index < -0.39 is 0 Å². The van der Waals surface area contributed by atoms with Gasteiger partial charge in [-0.25, -0.2) is 4.79 Å². The highest BCUT2D eigenvalue weighted by Crippen LogP contribution is 2.24. The number of nitrogens with two attached hydrogens (primary N) is 2. The maximum absolute atomic E-state index is 13.0. The summed E-state index contributed by atoms with van der Waals surface area (Å²) in [7, 11) is 0. The largest absolute Gasteiger partial charge is 0.333 e. The van der Waals surface area contributed by atoms with Crippen LogP contribution in [0.2, 0.25) is 0 Å². The van der Waals surface area contributed by atoms with Crippen molar-refractivity contribution in [1.29, 1.82) is 0 Å². The van der Waals surface area contributed by atoms with E-state index in [-0.39, 0.29) is 5.69 Å². The van der Waals surface area contributed by atoms with Crippen molar-refractivity contribution in [3.63, 3.8) is 0 Å². The van der Waals surface area contributed by atoms with E-state index in [1.807, 2.05) is 59.3 Å². The second kappa shape index (κ2) is 9.17. The van der Waals surface area contributed by atoms with E-state index in [1.54, 1.807) is 4.57 Å². The third-order valence-corrected chi connectivity index (χ3v) is 4.69. The molecule has 0 aliphatic rings. The van der Waals surface area contributed by atoms with Gasteiger partial charge in [0.1, 0.15) is 0 Å². The third-order valence-electron chi connectivity index (χ3n) is 4.69. The zero-order valence-corrected chi connectivity index (χ0v) is 15.7. The van der Waals surface area contributed by atoms with Crippen LogP contribution in [0.1, 0.15) is 37.9 Å². The van der Waals surface area contributed by atoms with Gasteiger partial charge in [-0.3, -0.25) is 20.8 Å². The molecule has 138 valence electrons. The summed E-state index contributed by atoms with van der Waals surface area (Å²) in [5, 5.41) is 0. The minimum Gasteiger partial charge on any atom is -0.291 e. The van der Waals surface area contributed by atoms with Gasteiger partial charge in [0.05, 0.1) is 12.2 Å². The van der Waals surface area contributed by atoms with Gasteiger partial charge in [0.15, 0.2) is 0 Å². The summed E-state index contributed by atoms with van der Waals surface area (Å²) in [5.41, 5.74) is 3.16. The minimum absolute atomic E-state index is 0.0209. The van der Waals surface area contributed by atoms with Gasteiger partial charge in [-0.05, 0) is 23.6 Å². The Morgan fingerprint density at radius 2 is 1.42 bits per heavy atom. The van der Waals surface area contributed by atoms with Crippen molar-refractivity contribution in [1.82, 2.24) is 9.13 Å². The molecule has 0 amide bonds. The first-order chi connectivity index (χ1) is 12.6. The normalized spacial score (nSPS) is 11.8. The molecule has 0 fully saturated rings. The summed E-state index contributed by atoms with van der Waals surface area (Å²) in [6, 6.07) is 20.0. The third kappa shape index (κ3) is 4.31. The molecule has 1 aromatic heterocycles. The lowest BCUT2D eigenvalue weighted by Gasteiger charge is -2.17. The van der Waals surface area contributed by atoms with Crippen molar-refractivity contribution in [2.24, 2.45) is 17.6 Å². The number of imidazole rings is 1. The number of nitrogens with zero attached hydrogens (tertiary/aromatic N) is 2. The van der Waals surface area contributed by atoms with Gasteiger partial charge >= 0.3 is 5.69 Å². The lowest BCUT2D eigenvalue weighted by Crippen LogP contribution is -2.25. The van der Waals surface area contributed by atoms with Crippen LogP contribution >= 0.6 is 0 Å². The predicted molar refractivity (Wildman–Crippen MR) is 107 cm³/mol. The maximum Gasteiger partial charge on any atom is 0.333 e. The summed E-state index contributed by atoms with van der Waals surface area (Å²) < 4.78 is 3.67. The van der Waals surface area contributed by atoms with Crippen molar-refractivity contribution in [2.45, 2.75) is 33.2 Å². The van der Waals surface area contributed by atoms with Crippen molar-refractivity contribution in [2.75, 3.05) is 0 Å². The molecule has 1 heterocycles. The van der Waals surface area contributed by atoms with Gasteiger partial charge in [-0.2, -0.15) is 0 Å². The fourth-order valence-electron chi connectivity index (χ4n) is 2.90. The van der Waals surface area contributed by atoms with Crippen LogP contribution in [0.25, 0.3) is 5.69 Å². The molecule has 3 rings (SSSR count). The van der Waals surface area contributed by atoms with E-state index in [0.29, 0.717) is 18.4 Å². The molecule has 0 spiro atoms. The summed E-state index contributed by atoms with van der Waals surface area (Å²) in [6.07, 6.45) is 2.01. The minimum atomic E-state index is 0.0209. The molecule has 0 bridgehead atoms. The van der Waals surface area contributed by atoms with Crippen LogP contribution in [0.3, 0.4) is 0 Å². The van der Waals surface area contributed by atoms with Crippen LogP contribution in [-0.2, 0) is 6.54 Å². The SMILES string of the molecule is CC(C)C(C)c1cn(-c2ccccc2)c(=O)n1Cc1ccccc1.NN. The molecule has 1 unspecified atom stereocenters. The number of benzene rings is 2. The second-order valence-electron chi connectivity index (χ2n) is 6.65. The van der Waals surface area contributed by atoms with E-state index in [2.05, 4.69) is 44.6 Å². The standard InChI is InChI=1S/C21H24N2O.H4N2/c1-16(2)17(3)20-15-22(19-12-8-5-9-13-19)21(24)23(20)14-18-10-6-4-7-11-18;1-2/h4-13,15-17H,14H2,1-3H3;1-2H2. The number of hydrogen-bond donors (Lipinski definition) is 2. The van der Waals surface area contributed by atoms with Crippen LogP contribution in [0, 0.1) is 5.92 Å². The van der Waals surface area contributed by atoms with Crippen LogP contribution in [-0.4, -0.2) is 9.13 Å². The number of aromatic nitrogens is 2. The molecular formula is C21H28N4O.